The van der Waals surface area contributed by atoms with Crippen molar-refractivity contribution in [3.63, 3.8) is 0 Å². The van der Waals surface area contributed by atoms with Gasteiger partial charge >= 0.3 is 0 Å². The molecule has 0 saturated carbocycles. The van der Waals surface area contributed by atoms with E-state index in [-0.39, 0.29) is 18.4 Å². The van der Waals surface area contributed by atoms with Crippen molar-refractivity contribution in [1.82, 2.24) is 0 Å². The summed E-state index contributed by atoms with van der Waals surface area (Å²) in [6, 6.07) is 11.5. The fourth-order valence-electron chi connectivity index (χ4n) is 2.10. The van der Waals surface area contributed by atoms with E-state index in [1.807, 2.05) is 36.4 Å². The largest absolute Gasteiger partial charge is 0.496 e. The highest BCUT2D eigenvalue weighted by Gasteiger charge is 2.15. The first-order valence-electron chi connectivity index (χ1n) is 5.65. The van der Waals surface area contributed by atoms with Gasteiger partial charge in [0.25, 0.3) is 0 Å². The molecule has 18 heavy (non-hydrogen) atoms. The minimum absolute atomic E-state index is 0. The quantitative estimate of drug-likeness (QED) is 0.920. The summed E-state index contributed by atoms with van der Waals surface area (Å²) < 4.78 is 17.8. The molecule has 0 saturated heterocycles. The second-order valence-corrected chi connectivity index (χ2v) is 3.99. The molecule has 0 bridgehead atoms. The Morgan fingerprint density at radius 3 is 2.61 bits per heavy atom. The highest BCUT2D eigenvalue weighted by atomic mass is 35.5. The number of rotatable bonds is 4. The third-order valence-electron chi connectivity index (χ3n) is 2.94. The molecule has 2 nitrogen and oxygen atoms in total. The molecule has 0 aromatic heterocycles. The standard InChI is InChI=1S/C14H16FNO.ClH/c1-17-13-7-6-10-4-2-3-5-11(10)14(13)12(16)8-9-15;/h2-7,12H,8-9,16H2,1H3;1H/t12-;/m0./s1. The van der Waals surface area contributed by atoms with Crippen LogP contribution in [0.5, 0.6) is 5.75 Å². The van der Waals surface area contributed by atoms with Gasteiger partial charge in [-0.05, 0) is 23.3 Å². The van der Waals surface area contributed by atoms with Gasteiger partial charge in [0.2, 0.25) is 0 Å². The summed E-state index contributed by atoms with van der Waals surface area (Å²) in [5, 5.41) is 2.13. The van der Waals surface area contributed by atoms with Gasteiger partial charge in [-0.3, -0.25) is 4.39 Å². The molecule has 0 radical (unpaired) electrons. The van der Waals surface area contributed by atoms with Gasteiger partial charge in [0.05, 0.1) is 13.8 Å². The van der Waals surface area contributed by atoms with Gasteiger partial charge in [-0.15, -0.1) is 12.4 Å². The van der Waals surface area contributed by atoms with Crippen LogP contribution in [0.15, 0.2) is 36.4 Å². The summed E-state index contributed by atoms with van der Waals surface area (Å²) in [5.74, 6) is 0.727. The van der Waals surface area contributed by atoms with Gasteiger partial charge in [-0.25, -0.2) is 0 Å². The van der Waals surface area contributed by atoms with E-state index in [4.69, 9.17) is 10.5 Å². The molecule has 2 aromatic carbocycles. The fraction of sp³-hybridized carbons (Fsp3) is 0.286. The van der Waals surface area contributed by atoms with Crippen LogP contribution in [0.2, 0.25) is 0 Å². The van der Waals surface area contributed by atoms with E-state index in [0.29, 0.717) is 6.42 Å². The maximum absolute atomic E-state index is 12.4. The Bertz CT molecular complexity index is 518. The van der Waals surface area contributed by atoms with Crippen LogP contribution < -0.4 is 10.5 Å². The molecule has 0 aliphatic heterocycles. The summed E-state index contributed by atoms with van der Waals surface area (Å²) >= 11 is 0. The van der Waals surface area contributed by atoms with Crippen molar-refractivity contribution in [3.05, 3.63) is 42.0 Å². The van der Waals surface area contributed by atoms with Gasteiger partial charge in [0, 0.05) is 11.6 Å². The zero-order valence-corrected chi connectivity index (χ0v) is 11.0. The average Bonchev–Trinajstić information content (AvgIpc) is 2.37. The van der Waals surface area contributed by atoms with E-state index in [2.05, 4.69) is 0 Å². The van der Waals surface area contributed by atoms with Crippen LogP contribution in [0.3, 0.4) is 0 Å². The van der Waals surface area contributed by atoms with E-state index in [1.165, 1.54) is 0 Å². The lowest BCUT2D eigenvalue weighted by Crippen LogP contribution is -2.12. The second kappa shape index (κ2) is 6.57. The van der Waals surface area contributed by atoms with Crippen molar-refractivity contribution >= 4 is 23.2 Å². The van der Waals surface area contributed by atoms with Gasteiger partial charge in [-0.2, -0.15) is 0 Å². The summed E-state index contributed by atoms with van der Waals surface area (Å²) in [5.41, 5.74) is 6.92. The lowest BCUT2D eigenvalue weighted by molar-refractivity contribution is 0.397. The van der Waals surface area contributed by atoms with Crippen molar-refractivity contribution in [2.24, 2.45) is 5.73 Å². The van der Waals surface area contributed by atoms with Crippen molar-refractivity contribution < 1.29 is 9.13 Å². The summed E-state index contributed by atoms with van der Waals surface area (Å²) in [7, 11) is 1.61. The molecule has 2 rings (SSSR count). The molecule has 0 aliphatic rings. The van der Waals surface area contributed by atoms with E-state index in [1.54, 1.807) is 7.11 Å². The normalized spacial score (nSPS) is 11.9. The molecule has 0 unspecified atom stereocenters. The Morgan fingerprint density at radius 2 is 1.94 bits per heavy atom. The maximum atomic E-state index is 12.4. The van der Waals surface area contributed by atoms with E-state index in [9.17, 15) is 4.39 Å². The number of benzene rings is 2. The lowest BCUT2D eigenvalue weighted by Gasteiger charge is -2.17. The van der Waals surface area contributed by atoms with Crippen LogP contribution >= 0.6 is 12.4 Å². The molecular formula is C14H17ClFNO. The first-order valence-corrected chi connectivity index (χ1v) is 5.65. The predicted octanol–water partition coefficient (Wildman–Crippen LogP) is 3.63. The Balaban J connectivity index is 0.00000162. The van der Waals surface area contributed by atoms with Crippen molar-refractivity contribution in [1.29, 1.82) is 0 Å². The van der Waals surface area contributed by atoms with E-state index in [0.717, 1.165) is 22.1 Å². The van der Waals surface area contributed by atoms with Gasteiger partial charge in [-0.1, -0.05) is 30.3 Å². The second-order valence-electron chi connectivity index (χ2n) is 3.99. The van der Waals surface area contributed by atoms with Crippen molar-refractivity contribution in [2.75, 3.05) is 13.8 Å². The number of methoxy groups -OCH3 is 1. The molecule has 1 atom stereocenters. The van der Waals surface area contributed by atoms with Gasteiger partial charge < -0.3 is 10.5 Å². The monoisotopic (exact) mass is 269 g/mol. The lowest BCUT2D eigenvalue weighted by atomic mass is 9.96. The number of alkyl halides is 1. The van der Waals surface area contributed by atoms with E-state index < -0.39 is 6.67 Å². The van der Waals surface area contributed by atoms with Crippen molar-refractivity contribution in [2.45, 2.75) is 12.5 Å². The minimum Gasteiger partial charge on any atom is -0.496 e. The van der Waals surface area contributed by atoms with Crippen molar-refractivity contribution in [3.8, 4) is 5.75 Å². The van der Waals surface area contributed by atoms with Gasteiger partial charge in [0.15, 0.2) is 0 Å². The molecule has 2 N–H and O–H groups in total. The number of halogens is 2. The first kappa shape index (κ1) is 14.7. The van der Waals surface area contributed by atoms with Crippen LogP contribution in [0.25, 0.3) is 10.8 Å². The minimum atomic E-state index is -0.423. The average molecular weight is 270 g/mol. The molecule has 0 heterocycles. The Kier molecular flexibility index (Phi) is 5.38. The smallest absolute Gasteiger partial charge is 0.124 e. The highest BCUT2D eigenvalue weighted by Crippen LogP contribution is 2.33. The third-order valence-corrected chi connectivity index (χ3v) is 2.94. The summed E-state index contributed by atoms with van der Waals surface area (Å²) in [6.07, 6.45) is 0.310. The molecule has 0 aliphatic carbocycles. The van der Waals surface area contributed by atoms with Crippen LogP contribution in [0.1, 0.15) is 18.0 Å². The van der Waals surface area contributed by atoms with Crippen LogP contribution in [-0.2, 0) is 0 Å². The topological polar surface area (TPSA) is 35.2 Å². The molecule has 0 fully saturated rings. The maximum Gasteiger partial charge on any atom is 0.124 e. The predicted molar refractivity (Wildman–Crippen MR) is 75.3 cm³/mol. The zero-order valence-electron chi connectivity index (χ0n) is 10.2. The number of fused-ring (bicyclic) bond motifs is 1. The van der Waals surface area contributed by atoms with Crippen LogP contribution in [-0.4, -0.2) is 13.8 Å². The summed E-state index contributed by atoms with van der Waals surface area (Å²) in [6.45, 7) is -0.423. The van der Waals surface area contributed by atoms with Crippen LogP contribution in [0.4, 0.5) is 4.39 Å². The number of ether oxygens (including phenoxy) is 1. The van der Waals surface area contributed by atoms with Crippen LogP contribution in [0, 0.1) is 0 Å². The summed E-state index contributed by atoms with van der Waals surface area (Å²) in [4.78, 5) is 0. The first-order chi connectivity index (χ1) is 8.27. The molecule has 4 heteroatoms. The molecule has 98 valence electrons. The molecular weight excluding hydrogens is 253 g/mol. The zero-order chi connectivity index (χ0) is 12.3. The Hall–Kier alpha value is -1.32. The number of nitrogens with two attached hydrogens (primary N) is 1. The molecule has 0 amide bonds. The number of hydrogen-bond acceptors (Lipinski definition) is 2. The Morgan fingerprint density at radius 1 is 1.22 bits per heavy atom. The highest BCUT2D eigenvalue weighted by molar-refractivity contribution is 5.88. The van der Waals surface area contributed by atoms with E-state index >= 15 is 0 Å². The SMILES string of the molecule is COc1ccc2ccccc2c1[C@@H](N)CCF.Cl. The third kappa shape index (κ3) is 2.74. The number of hydrogen-bond donors (Lipinski definition) is 1. The van der Waals surface area contributed by atoms with Gasteiger partial charge in [0.1, 0.15) is 5.75 Å². The molecule has 2 aromatic rings. The molecule has 0 spiro atoms. The fourth-order valence-corrected chi connectivity index (χ4v) is 2.10. The Labute approximate surface area is 112 Å².